The summed E-state index contributed by atoms with van der Waals surface area (Å²) in [6, 6.07) is 0. The Morgan fingerprint density at radius 3 is 0.676 bits per heavy atom. The summed E-state index contributed by atoms with van der Waals surface area (Å²) in [5.74, 6) is 1.08. The molecule has 0 saturated carbocycles. The lowest BCUT2D eigenvalue weighted by Crippen LogP contribution is -2.30. The molecule has 0 aromatic carbocycles. The maximum atomic E-state index is 13.1. The van der Waals surface area contributed by atoms with Crippen molar-refractivity contribution >= 4 is 39.5 Å². The van der Waals surface area contributed by atoms with Gasteiger partial charge in [0.25, 0.3) is 0 Å². The minimum atomic E-state index is -4.97. The van der Waals surface area contributed by atoms with E-state index in [2.05, 4.69) is 55.4 Å². The highest BCUT2D eigenvalue weighted by Gasteiger charge is 2.31. The first-order valence-corrected chi connectivity index (χ1v) is 47.2. The molecule has 624 valence electrons. The zero-order valence-corrected chi connectivity index (χ0v) is 71.2. The van der Waals surface area contributed by atoms with Gasteiger partial charge in [0.15, 0.2) is 12.2 Å². The molecule has 0 aromatic heterocycles. The molecule has 3 N–H and O–H groups in total. The van der Waals surface area contributed by atoms with E-state index in [0.717, 1.165) is 114 Å². The summed E-state index contributed by atoms with van der Waals surface area (Å²) >= 11 is 0. The average Bonchev–Trinajstić information content (AvgIpc) is 0.925. The van der Waals surface area contributed by atoms with E-state index in [4.69, 9.17) is 37.0 Å². The topological polar surface area (TPSA) is 237 Å². The van der Waals surface area contributed by atoms with Gasteiger partial charge in [0.2, 0.25) is 0 Å². The molecule has 0 rings (SSSR count). The number of ether oxygens (including phenoxy) is 4. The van der Waals surface area contributed by atoms with Gasteiger partial charge < -0.3 is 33.8 Å². The highest BCUT2D eigenvalue weighted by atomic mass is 31.2. The Morgan fingerprint density at radius 2 is 0.457 bits per heavy atom. The number of carbonyl (C=O) groups is 4. The van der Waals surface area contributed by atoms with Crippen LogP contribution in [0.25, 0.3) is 0 Å². The van der Waals surface area contributed by atoms with Crippen LogP contribution in [0.4, 0.5) is 0 Å². The first-order valence-electron chi connectivity index (χ1n) is 44.2. The van der Waals surface area contributed by atoms with Crippen LogP contribution in [-0.2, 0) is 65.4 Å². The van der Waals surface area contributed by atoms with E-state index in [-0.39, 0.29) is 25.7 Å². The van der Waals surface area contributed by atoms with Gasteiger partial charge in [0.1, 0.15) is 19.3 Å². The van der Waals surface area contributed by atoms with Crippen LogP contribution in [0.15, 0.2) is 0 Å². The monoisotopic (exact) mass is 1540 g/mol. The standard InChI is InChI=1S/C86H168O17P2/c1-9-79(8)65-57-49-41-33-25-19-14-15-20-26-34-42-50-58-66-83(88)96-72-81(102-85(90)68-60-52-44-35-27-21-13-11-10-12-17-23-30-38-46-54-62-76(2)3)74-100-104(92,93)98-70-80(87)71-99-105(94,95)101-75-82(73-97-84(89)67-59-51-43-37-29-32-40-48-56-64-78(6)7)103-86(91)69-61-53-45-36-28-22-16-18-24-31-39-47-55-63-77(4)5/h76-82,87H,9-75H2,1-8H3,(H,92,93)(H,94,95)/t79?,80-,81-,82-/m1/s1. The Bertz CT molecular complexity index is 2040. The summed E-state index contributed by atoms with van der Waals surface area (Å²) in [7, 11) is -9.93. The molecule has 6 atom stereocenters. The molecular weight excluding hydrogens is 1370 g/mol. The van der Waals surface area contributed by atoms with E-state index in [9.17, 15) is 43.2 Å². The lowest BCUT2D eigenvalue weighted by Gasteiger charge is -2.21. The first-order chi connectivity index (χ1) is 50.6. The van der Waals surface area contributed by atoms with E-state index in [1.807, 2.05) is 0 Å². The van der Waals surface area contributed by atoms with Crippen molar-refractivity contribution < 1.29 is 80.2 Å². The largest absolute Gasteiger partial charge is 0.472 e. The van der Waals surface area contributed by atoms with Crippen LogP contribution in [0.5, 0.6) is 0 Å². The van der Waals surface area contributed by atoms with Crippen LogP contribution in [0, 0.1) is 23.7 Å². The van der Waals surface area contributed by atoms with Crippen molar-refractivity contribution in [2.75, 3.05) is 39.6 Å². The minimum Gasteiger partial charge on any atom is -0.462 e. The fraction of sp³-hybridized carbons (Fsp3) is 0.953. The third-order valence-electron chi connectivity index (χ3n) is 20.4. The van der Waals surface area contributed by atoms with Gasteiger partial charge in [0, 0.05) is 25.7 Å². The second-order valence-electron chi connectivity index (χ2n) is 32.6. The molecule has 0 aliphatic heterocycles. The number of phosphoric ester groups is 2. The number of hydrogen-bond donors (Lipinski definition) is 3. The van der Waals surface area contributed by atoms with Crippen molar-refractivity contribution in [2.24, 2.45) is 23.7 Å². The Morgan fingerprint density at radius 1 is 0.267 bits per heavy atom. The van der Waals surface area contributed by atoms with Crippen LogP contribution in [0.3, 0.4) is 0 Å². The van der Waals surface area contributed by atoms with Gasteiger partial charge in [-0.2, -0.15) is 0 Å². The van der Waals surface area contributed by atoms with Gasteiger partial charge in [-0.1, -0.05) is 396 Å². The van der Waals surface area contributed by atoms with Gasteiger partial charge in [-0.3, -0.25) is 37.3 Å². The fourth-order valence-electron chi connectivity index (χ4n) is 13.3. The predicted octanol–water partition coefficient (Wildman–Crippen LogP) is 25.9. The molecule has 0 bridgehead atoms. The van der Waals surface area contributed by atoms with E-state index in [1.165, 1.54) is 250 Å². The van der Waals surface area contributed by atoms with E-state index in [1.54, 1.807) is 0 Å². The molecule has 19 heteroatoms. The molecule has 0 spiro atoms. The lowest BCUT2D eigenvalue weighted by molar-refractivity contribution is -0.161. The number of hydrogen-bond acceptors (Lipinski definition) is 15. The van der Waals surface area contributed by atoms with Crippen LogP contribution >= 0.6 is 15.6 Å². The molecule has 105 heavy (non-hydrogen) atoms. The maximum absolute atomic E-state index is 13.1. The summed E-state index contributed by atoms with van der Waals surface area (Å²) in [5, 5.41) is 10.7. The highest BCUT2D eigenvalue weighted by molar-refractivity contribution is 7.47. The molecule has 0 aromatic rings. The Hall–Kier alpha value is -1.94. The smallest absolute Gasteiger partial charge is 0.462 e. The summed E-state index contributed by atoms with van der Waals surface area (Å²) in [5.41, 5.74) is 0. The van der Waals surface area contributed by atoms with Gasteiger partial charge in [0.05, 0.1) is 26.4 Å². The van der Waals surface area contributed by atoms with E-state index < -0.39 is 97.5 Å². The van der Waals surface area contributed by atoms with E-state index >= 15 is 0 Å². The maximum Gasteiger partial charge on any atom is 0.472 e. The van der Waals surface area contributed by atoms with Crippen molar-refractivity contribution in [3.8, 4) is 0 Å². The number of phosphoric acid groups is 2. The molecule has 0 aliphatic rings. The van der Waals surface area contributed by atoms with Crippen molar-refractivity contribution in [1.29, 1.82) is 0 Å². The second-order valence-corrected chi connectivity index (χ2v) is 35.5. The minimum absolute atomic E-state index is 0.107. The molecule has 17 nitrogen and oxygen atoms in total. The Labute approximate surface area is 645 Å². The molecule has 0 aliphatic carbocycles. The highest BCUT2D eigenvalue weighted by Crippen LogP contribution is 2.45. The van der Waals surface area contributed by atoms with Gasteiger partial charge in [-0.15, -0.1) is 0 Å². The number of carbonyl (C=O) groups excluding carboxylic acids is 4. The normalized spacial score (nSPS) is 14.2. The van der Waals surface area contributed by atoms with Crippen molar-refractivity contribution in [2.45, 2.75) is 465 Å². The summed E-state index contributed by atoms with van der Waals surface area (Å²) in [6.07, 6.45) is 63.7. The second kappa shape index (κ2) is 74.8. The summed E-state index contributed by atoms with van der Waals surface area (Å²) in [6.45, 7) is 14.4. The zero-order chi connectivity index (χ0) is 77.4. The quantitative estimate of drug-likeness (QED) is 0.0222. The van der Waals surface area contributed by atoms with Gasteiger partial charge >= 0.3 is 39.5 Å². The third kappa shape index (κ3) is 78.5. The van der Waals surface area contributed by atoms with Crippen LogP contribution in [-0.4, -0.2) is 96.7 Å². The Kier molecular flexibility index (Phi) is 73.4. The number of aliphatic hydroxyl groups excluding tert-OH is 1. The van der Waals surface area contributed by atoms with E-state index in [0.29, 0.717) is 25.7 Å². The van der Waals surface area contributed by atoms with Crippen molar-refractivity contribution in [3.05, 3.63) is 0 Å². The molecule has 3 unspecified atom stereocenters. The number of aliphatic hydroxyl groups is 1. The molecular formula is C86H168O17P2. The molecule has 0 radical (unpaired) electrons. The summed E-state index contributed by atoms with van der Waals surface area (Å²) in [4.78, 5) is 73.3. The number of esters is 4. The van der Waals surface area contributed by atoms with Crippen LogP contribution in [0.1, 0.15) is 447 Å². The number of unbranched alkanes of at least 4 members (excludes halogenated alkanes) is 48. The van der Waals surface area contributed by atoms with Crippen molar-refractivity contribution in [1.82, 2.24) is 0 Å². The first kappa shape index (κ1) is 103. The molecule has 0 heterocycles. The van der Waals surface area contributed by atoms with Gasteiger partial charge in [-0.25, -0.2) is 9.13 Å². The fourth-order valence-corrected chi connectivity index (χ4v) is 14.9. The predicted molar refractivity (Wildman–Crippen MR) is 432 cm³/mol. The molecule has 0 saturated heterocycles. The number of rotatable bonds is 83. The third-order valence-corrected chi connectivity index (χ3v) is 22.3. The van der Waals surface area contributed by atoms with Crippen LogP contribution in [0.2, 0.25) is 0 Å². The Balaban J connectivity index is 5.27. The lowest BCUT2D eigenvalue weighted by atomic mass is 9.99. The zero-order valence-electron chi connectivity index (χ0n) is 69.4. The SMILES string of the molecule is CCC(C)CCCCCCCCCCCCCCCCC(=O)OC[C@H](COP(=O)(O)OC[C@@H](O)COP(=O)(O)OC[C@@H](COC(=O)CCCCCCCCCCCC(C)C)OC(=O)CCCCCCCCCCCCCCCC(C)C)OC(=O)CCCCCCCCCCCCCCCCCCC(C)C. The molecule has 0 fully saturated rings. The van der Waals surface area contributed by atoms with Crippen molar-refractivity contribution in [3.63, 3.8) is 0 Å². The van der Waals surface area contributed by atoms with Gasteiger partial charge in [-0.05, 0) is 49.4 Å². The average molecular weight is 1540 g/mol. The molecule has 0 amide bonds. The summed E-state index contributed by atoms with van der Waals surface area (Å²) < 4.78 is 68.9. The van der Waals surface area contributed by atoms with Crippen LogP contribution < -0.4 is 0 Å².